The number of hydrogen-bond acceptors (Lipinski definition) is 4. The minimum atomic E-state index is -0.444. The zero-order chi connectivity index (χ0) is 15.1. The van der Waals surface area contributed by atoms with Gasteiger partial charge in [0.25, 0.3) is 11.6 Å². The zero-order valence-electron chi connectivity index (χ0n) is 12.4. The van der Waals surface area contributed by atoms with Crippen molar-refractivity contribution in [2.24, 2.45) is 17.6 Å². The molecule has 0 bridgehead atoms. The Labute approximate surface area is 135 Å². The second kappa shape index (κ2) is 6.22. The first kappa shape index (κ1) is 16.7. The van der Waals surface area contributed by atoms with E-state index >= 15 is 0 Å². The van der Waals surface area contributed by atoms with Gasteiger partial charge in [-0.1, -0.05) is 0 Å². The van der Waals surface area contributed by atoms with Gasteiger partial charge in [0.2, 0.25) is 0 Å². The summed E-state index contributed by atoms with van der Waals surface area (Å²) < 4.78 is 0. The Balaban J connectivity index is 0.00000176. The molecule has 1 saturated carbocycles. The lowest BCUT2D eigenvalue weighted by atomic mass is 9.98. The lowest BCUT2D eigenvalue weighted by Crippen LogP contribution is -2.33. The Hall–Kier alpha value is -1.66. The van der Waals surface area contributed by atoms with E-state index in [9.17, 15) is 14.9 Å². The minimum Gasteiger partial charge on any atom is -0.338 e. The summed E-state index contributed by atoms with van der Waals surface area (Å²) in [6.45, 7) is 3.21. The van der Waals surface area contributed by atoms with E-state index < -0.39 is 4.92 Å². The number of fused-ring (bicyclic) bond motifs is 1. The summed E-state index contributed by atoms with van der Waals surface area (Å²) in [5, 5.41) is 10.8. The monoisotopic (exact) mass is 325 g/mol. The van der Waals surface area contributed by atoms with Gasteiger partial charge in [-0.15, -0.1) is 12.4 Å². The van der Waals surface area contributed by atoms with Crippen molar-refractivity contribution in [1.29, 1.82) is 0 Å². The number of nitrogens with zero attached hydrogens (tertiary/aromatic N) is 2. The van der Waals surface area contributed by atoms with Crippen LogP contribution in [-0.2, 0) is 0 Å². The molecule has 2 aliphatic rings. The number of likely N-dealkylation sites (tertiary alicyclic amines) is 1. The summed E-state index contributed by atoms with van der Waals surface area (Å²) >= 11 is 0. The van der Waals surface area contributed by atoms with E-state index in [2.05, 4.69) is 0 Å². The number of carbonyl (C=O) groups is 1. The van der Waals surface area contributed by atoms with Crippen molar-refractivity contribution in [2.75, 3.05) is 13.1 Å². The lowest BCUT2D eigenvalue weighted by molar-refractivity contribution is -0.384. The van der Waals surface area contributed by atoms with Crippen LogP contribution < -0.4 is 5.73 Å². The molecule has 2 N–H and O–H groups in total. The SMILES string of the molecule is Cc1cc([N+](=O)[O-])ccc1C(=O)N1CC2CCC(N)C2C1.Cl. The van der Waals surface area contributed by atoms with Crippen molar-refractivity contribution >= 4 is 24.0 Å². The van der Waals surface area contributed by atoms with Crippen LogP contribution in [0.4, 0.5) is 5.69 Å². The van der Waals surface area contributed by atoms with Crippen LogP contribution in [0.5, 0.6) is 0 Å². The largest absolute Gasteiger partial charge is 0.338 e. The molecule has 22 heavy (non-hydrogen) atoms. The first-order chi connectivity index (χ1) is 9.97. The molecule has 0 spiro atoms. The number of non-ortho nitro benzene ring substituents is 1. The van der Waals surface area contributed by atoms with Gasteiger partial charge in [0.1, 0.15) is 0 Å². The third kappa shape index (κ3) is 2.80. The van der Waals surface area contributed by atoms with Crippen molar-refractivity contribution < 1.29 is 9.72 Å². The lowest BCUT2D eigenvalue weighted by Gasteiger charge is -2.19. The van der Waals surface area contributed by atoms with Gasteiger partial charge in [-0.25, -0.2) is 0 Å². The van der Waals surface area contributed by atoms with Crippen LogP contribution in [0.3, 0.4) is 0 Å². The van der Waals surface area contributed by atoms with E-state index in [0.717, 1.165) is 19.4 Å². The molecule has 3 atom stereocenters. The topological polar surface area (TPSA) is 89.5 Å². The molecule has 1 aliphatic carbocycles. The zero-order valence-corrected chi connectivity index (χ0v) is 13.2. The minimum absolute atomic E-state index is 0. The predicted molar refractivity (Wildman–Crippen MR) is 85.2 cm³/mol. The van der Waals surface area contributed by atoms with E-state index in [1.54, 1.807) is 13.0 Å². The van der Waals surface area contributed by atoms with Crippen LogP contribution in [0, 0.1) is 28.9 Å². The average Bonchev–Trinajstić information content (AvgIpc) is 3.00. The summed E-state index contributed by atoms with van der Waals surface area (Å²) in [4.78, 5) is 24.8. The molecule has 1 heterocycles. The van der Waals surface area contributed by atoms with Gasteiger partial charge < -0.3 is 10.6 Å². The first-order valence-electron chi connectivity index (χ1n) is 7.27. The number of amides is 1. The number of aryl methyl sites for hydroxylation is 1. The van der Waals surface area contributed by atoms with E-state index in [1.807, 2.05) is 4.90 Å². The Kier molecular flexibility index (Phi) is 4.72. The third-order valence-corrected chi connectivity index (χ3v) is 4.85. The van der Waals surface area contributed by atoms with Gasteiger partial charge in [-0.3, -0.25) is 14.9 Å². The maximum atomic E-state index is 12.6. The fraction of sp³-hybridized carbons (Fsp3) is 0.533. The second-order valence-corrected chi connectivity index (χ2v) is 6.13. The van der Waals surface area contributed by atoms with Crippen LogP contribution in [0.2, 0.25) is 0 Å². The van der Waals surface area contributed by atoms with Crippen molar-refractivity contribution in [1.82, 2.24) is 4.90 Å². The molecule has 1 amide bonds. The summed E-state index contributed by atoms with van der Waals surface area (Å²) in [5.74, 6) is 0.888. The van der Waals surface area contributed by atoms with Crippen molar-refractivity contribution in [2.45, 2.75) is 25.8 Å². The normalized spacial score (nSPS) is 26.5. The quantitative estimate of drug-likeness (QED) is 0.666. The van der Waals surface area contributed by atoms with Crippen molar-refractivity contribution in [3.8, 4) is 0 Å². The van der Waals surface area contributed by atoms with Gasteiger partial charge >= 0.3 is 0 Å². The second-order valence-electron chi connectivity index (χ2n) is 6.13. The molecule has 1 aliphatic heterocycles. The van der Waals surface area contributed by atoms with Crippen LogP contribution in [0.15, 0.2) is 18.2 Å². The number of halogens is 1. The van der Waals surface area contributed by atoms with E-state index in [4.69, 9.17) is 5.73 Å². The number of nitro benzene ring substituents is 1. The highest BCUT2D eigenvalue weighted by Crippen LogP contribution is 2.37. The summed E-state index contributed by atoms with van der Waals surface area (Å²) in [5.41, 5.74) is 7.31. The molecule has 0 aromatic heterocycles. The molecule has 1 saturated heterocycles. The number of rotatable bonds is 2. The molecule has 3 rings (SSSR count). The number of hydrogen-bond donors (Lipinski definition) is 1. The Morgan fingerprint density at radius 1 is 1.36 bits per heavy atom. The standard InChI is InChI=1S/C15H19N3O3.ClH/c1-9-6-11(18(20)21)3-4-12(9)15(19)17-7-10-2-5-14(16)13(10)8-17;/h3-4,6,10,13-14H,2,5,7-8,16H2,1H3;1H. The fourth-order valence-electron chi connectivity index (χ4n) is 3.65. The molecule has 1 aromatic carbocycles. The van der Waals surface area contributed by atoms with Crippen molar-refractivity contribution in [3.05, 3.63) is 39.4 Å². The molecular formula is C15H20ClN3O3. The molecule has 3 unspecified atom stereocenters. The predicted octanol–water partition coefficient (Wildman–Crippen LogP) is 2.13. The van der Waals surface area contributed by atoms with Crippen molar-refractivity contribution in [3.63, 3.8) is 0 Å². The first-order valence-corrected chi connectivity index (χ1v) is 7.27. The molecule has 2 fully saturated rings. The summed E-state index contributed by atoms with van der Waals surface area (Å²) in [7, 11) is 0. The molecule has 0 radical (unpaired) electrons. The highest BCUT2D eigenvalue weighted by Gasteiger charge is 2.42. The van der Waals surface area contributed by atoms with Crippen LogP contribution >= 0.6 is 12.4 Å². The number of nitrogens with two attached hydrogens (primary N) is 1. The highest BCUT2D eigenvalue weighted by molar-refractivity contribution is 5.96. The fourth-order valence-corrected chi connectivity index (χ4v) is 3.65. The maximum absolute atomic E-state index is 12.6. The van der Waals surface area contributed by atoms with Gasteiger partial charge in [0, 0.05) is 36.8 Å². The highest BCUT2D eigenvalue weighted by atomic mass is 35.5. The molecule has 1 aromatic rings. The summed E-state index contributed by atoms with van der Waals surface area (Å²) in [6, 6.07) is 4.61. The van der Waals surface area contributed by atoms with Gasteiger partial charge in [-0.2, -0.15) is 0 Å². The third-order valence-electron chi connectivity index (χ3n) is 4.85. The maximum Gasteiger partial charge on any atom is 0.269 e. The molecular weight excluding hydrogens is 306 g/mol. The van der Waals surface area contributed by atoms with Crippen LogP contribution in [-0.4, -0.2) is 34.9 Å². The number of nitro groups is 1. The summed E-state index contributed by atoms with van der Waals surface area (Å²) in [6.07, 6.45) is 2.14. The Morgan fingerprint density at radius 2 is 2.09 bits per heavy atom. The molecule has 7 heteroatoms. The molecule has 120 valence electrons. The number of benzene rings is 1. The van der Waals surface area contributed by atoms with Gasteiger partial charge in [0.05, 0.1) is 4.92 Å². The smallest absolute Gasteiger partial charge is 0.269 e. The van der Waals surface area contributed by atoms with Crippen LogP contribution in [0.1, 0.15) is 28.8 Å². The van der Waals surface area contributed by atoms with Crippen LogP contribution in [0.25, 0.3) is 0 Å². The molecule has 6 nitrogen and oxygen atoms in total. The van der Waals surface area contributed by atoms with Gasteiger partial charge in [-0.05, 0) is 43.2 Å². The Morgan fingerprint density at radius 3 is 2.68 bits per heavy atom. The van der Waals surface area contributed by atoms with Gasteiger partial charge in [0.15, 0.2) is 0 Å². The number of carbonyl (C=O) groups excluding carboxylic acids is 1. The van der Waals surface area contributed by atoms with E-state index in [-0.39, 0.29) is 30.0 Å². The van der Waals surface area contributed by atoms with E-state index in [0.29, 0.717) is 29.5 Å². The average molecular weight is 326 g/mol. The van der Waals surface area contributed by atoms with E-state index in [1.165, 1.54) is 12.1 Å². The Bertz CT molecular complexity index is 608.